The van der Waals surface area contributed by atoms with Crippen LogP contribution in [-0.4, -0.2) is 24.4 Å². The molecular formula is C25H29NO4. The summed E-state index contributed by atoms with van der Waals surface area (Å²) in [6.07, 6.45) is 0.701. The summed E-state index contributed by atoms with van der Waals surface area (Å²) in [4.78, 5) is 40.4. The molecule has 0 spiro atoms. The Morgan fingerprint density at radius 3 is 2.10 bits per heavy atom. The van der Waals surface area contributed by atoms with Crippen molar-refractivity contribution in [1.29, 1.82) is 0 Å². The van der Waals surface area contributed by atoms with E-state index in [2.05, 4.69) is 27.7 Å². The molecule has 0 saturated carbocycles. The van der Waals surface area contributed by atoms with Gasteiger partial charge in [-0.25, -0.2) is 4.90 Å². The number of para-hydroxylation sites is 1. The van der Waals surface area contributed by atoms with E-state index in [1.807, 2.05) is 25.1 Å². The van der Waals surface area contributed by atoms with Gasteiger partial charge in [0.15, 0.2) is 0 Å². The third kappa shape index (κ3) is 3.89. The first-order chi connectivity index (χ1) is 14.3. The van der Waals surface area contributed by atoms with Crippen molar-refractivity contribution < 1.29 is 19.1 Å². The summed E-state index contributed by atoms with van der Waals surface area (Å²) in [5.74, 6) is -0.815. The zero-order valence-corrected chi connectivity index (χ0v) is 18.3. The Kier molecular flexibility index (Phi) is 6.40. The summed E-state index contributed by atoms with van der Waals surface area (Å²) in [6.45, 7) is 10.5. The number of nitrogens with zero attached hydrogens (tertiary/aromatic N) is 1. The zero-order chi connectivity index (χ0) is 22.0. The molecule has 1 aliphatic heterocycles. The van der Waals surface area contributed by atoms with E-state index in [-0.39, 0.29) is 30.1 Å². The number of ether oxygens (including phenoxy) is 1. The first kappa shape index (κ1) is 21.8. The van der Waals surface area contributed by atoms with E-state index in [1.54, 1.807) is 18.2 Å². The van der Waals surface area contributed by atoms with Gasteiger partial charge >= 0.3 is 5.97 Å². The van der Waals surface area contributed by atoms with Gasteiger partial charge in [-0.15, -0.1) is 0 Å². The van der Waals surface area contributed by atoms with Crippen molar-refractivity contribution in [3.8, 4) is 0 Å². The third-order valence-corrected chi connectivity index (χ3v) is 5.37. The number of imide groups is 1. The molecule has 0 fully saturated rings. The highest BCUT2D eigenvalue weighted by atomic mass is 16.5. The van der Waals surface area contributed by atoms with Crippen LogP contribution >= 0.6 is 0 Å². The van der Waals surface area contributed by atoms with E-state index >= 15 is 0 Å². The fourth-order valence-corrected chi connectivity index (χ4v) is 3.90. The normalized spacial score (nSPS) is 13.4. The van der Waals surface area contributed by atoms with Gasteiger partial charge in [0.05, 0.1) is 29.8 Å². The van der Waals surface area contributed by atoms with Crippen LogP contribution in [0.5, 0.6) is 0 Å². The van der Waals surface area contributed by atoms with Crippen LogP contribution in [0.15, 0.2) is 36.4 Å². The number of carbonyl (C=O) groups is 3. The Bertz CT molecular complexity index is 964. The van der Waals surface area contributed by atoms with Gasteiger partial charge in [0.25, 0.3) is 11.8 Å². The van der Waals surface area contributed by atoms with Crippen molar-refractivity contribution >= 4 is 23.5 Å². The molecule has 2 aromatic rings. The number of carbonyl (C=O) groups excluding carboxylic acids is 3. The Morgan fingerprint density at radius 1 is 0.933 bits per heavy atom. The standard InChI is InChI=1S/C25H29NO4/c1-6-13-30-21(27)14-17-9-7-12-20-22(17)25(29)26(24(20)28)23-18(15(2)3)10-8-11-19(23)16(4)5/h7-12,15-16H,6,13-14H2,1-5H3. The van der Waals surface area contributed by atoms with E-state index in [0.717, 1.165) is 17.5 Å². The van der Waals surface area contributed by atoms with Crippen molar-refractivity contribution in [3.63, 3.8) is 0 Å². The van der Waals surface area contributed by atoms with Crippen LogP contribution in [0.4, 0.5) is 5.69 Å². The quantitative estimate of drug-likeness (QED) is 0.466. The molecule has 0 unspecified atom stereocenters. The fraction of sp³-hybridized carbons (Fsp3) is 0.400. The van der Waals surface area contributed by atoms with Gasteiger partial charge < -0.3 is 4.74 Å². The van der Waals surface area contributed by atoms with Crippen LogP contribution < -0.4 is 4.90 Å². The van der Waals surface area contributed by atoms with Gasteiger partial charge in [0.2, 0.25) is 0 Å². The molecule has 0 aliphatic carbocycles. The number of hydrogen-bond acceptors (Lipinski definition) is 4. The minimum Gasteiger partial charge on any atom is -0.465 e. The summed E-state index contributed by atoms with van der Waals surface area (Å²) in [7, 11) is 0. The number of rotatable bonds is 7. The molecule has 0 saturated heterocycles. The monoisotopic (exact) mass is 407 g/mol. The Labute approximate surface area is 178 Å². The lowest BCUT2D eigenvalue weighted by molar-refractivity contribution is -0.142. The summed E-state index contributed by atoms with van der Waals surface area (Å²) in [5, 5.41) is 0. The Hall–Kier alpha value is -2.95. The van der Waals surface area contributed by atoms with Crippen molar-refractivity contribution in [1.82, 2.24) is 0 Å². The molecule has 1 aliphatic rings. The molecule has 30 heavy (non-hydrogen) atoms. The summed E-state index contributed by atoms with van der Waals surface area (Å²) >= 11 is 0. The van der Waals surface area contributed by atoms with Crippen molar-refractivity contribution in [2.24, 2.45) is 0 Å². The maximum Gasteiger partial charge on any atom is 0.310 e. The second-order valence-corrected chi connectivity index (χ2v) is 8.28. The van der Waals surface area contributed by atoms with Gasteiger partial charge in [0, 0.05) is 0 Å². The average molecular weight is 408 g/mol. The number of amides is 2. The third-order valence-electron chi connectivity index (χ3n) is 5.37. The van der Waals surface area contributed by atoms with Crippen LogP contribution in [-0.2, 0) is 16.0 Å². The van der Waals surface area contributed by atoms with Crippen molar-refractivity contribution in [2.45, 2.75) is 59.3 Å². The van der Waals surface area contributed by atoms with E-state index in [1.165, 1.54) is 4.90 Å². The van der Waals surface area contributed by atoms with Crippen LogP contribution in [0.1, 0.15) is 90.3 Å². The fourth-order valence-electron chi connectivity index (χ4n) is 3.90. The lowest BCUT2D eigenvalue weighted by Gasteiger charge is -2.25. The second-order valence-electron chi connectivity index (χ2n) is 8.28. The molecule has 0 radical (unpaired) electrons. The van der Waals surface area contributed by atoms with Gasteiger partial charge in [0.1, 0.15) is 0 Å². The zero-order valence-electron chi connectivity index (χ0n) is 18.3. The van der Waals surface area contributed by atoms with E-state index in [4.69, 9.17) is 4.74 Å². The van der Waals surface area contributed by atoms with Crippen LogP contribution in [0, 0.1) is 0 Å². The number of benzene rings is 2. The summed E-state index contributed by atoms with van der Waals surface area (Å²) < 4.78 is 5.18. The molecular weight excluding hydrogens is 378 g/mol. The first-order valence-electron chi connectivity index (χ1n) is 10.6. The van der Waals surface area contributed by atoms with Gasteiger partial charge in [-0.1, -0.05) is 65.0 Å². The van der Waals surface area contributed by atoms with E-state index in [9.17, 15) is 14.4 Å². The predicted molar refractivity (Wildman–Crippen MR) is 117 cm³/mol. The maximum absolute atomic E-state index is 13.5. The van der Waals surface area contributed by atoms with E-state index < -0.39 is 5.97 Å². The molecule has 0 atom stereocenters. The maximum atomic E-state index is 13.5. The van der Waals surface area contributed by atoms with Crippen LogP contribution in [0.3, 0.4) is 0 Å². The molecule has 158 valence electrons. The smallest absolute Gasteiger partial charge is 0.310 e. The number of fused-ring (bicyclic) bond motifs is 1. The molecule has 0 aromatic heterocycles. The number of hydrogen-bond donors (Lipinski definition) is 0. The average Bonchev–Trinajstić information content (AvgIpc) is 2.96. The molecule has 5 heteroatoms. The second kappa shape index (κ2) is 8.82. The van der Waals surface area contributed by atoms with Crippen molar-refractivity contribution in [2.75, 3.05) is 11.5 Å². The highest BCUT2D eigenvalue weighted by Crippen LogP contribution is 2.40. The molecule has 5 nitrogen and oxygen atoms in total. The number of anilines is 1. The highest BCUT2D eigenvalue weighted by molar-refractivity contribution is 6.35. The molecule has 0 N–H and O–H groups in total. The SMILES string of the molecule is CCCOC(=O)Cc1cccc2c1C(=O)N(c1c(C(C)C)cccc1C(C)C)C2=O. The molecule has 0 bridgehead atoms. The summed E-state index contributed by atoms with van der Waals surface area (Å²) in [6, 6.07) is 11.0. The van der Waals surface area contributed by atoms with E-state index in [0.29, 0.717) is 29.0 Å². The lowest BCUT2D eigenvalue weighted by atomic mass is 9.92. The minimum atomic E-state index is -0.394. The molecule has 3 rings (SSSR count). The minimum absolute atomic E-state index is 0.0289. The topological polar surface area (TPSA) is 63.7 Å². The van der Waals surface area contributed by atoms with Gasteiger partial charge in [-0.3, -0.25) is 14.4 Å². The first-order valence-corrected chi connectivity index (χ1v) is 10.6. The Morgan fingerprint density at radius 2 is 1.53 bits per heavy atom. The van der Waals surface area contributed by atoms with Crippen LogP contribution in [0.25, 0.3) is 0 Å². The Balaban J connectivity index is 2.09. The molecule has 1 heterocycles. The largest absolute Gasteiger partial charge is 0.465 e. The van der Waals surface area contributed by atoms with Gasteiger partial charge in [-0.2, -0.15) is 0 Å². The predicted octanol–water partition coefficient (Wildman–Crippen LogP) is 5.23. The lowest BCUT2D eigenvalue weighted by Crippen LogP contribution is -2.32. The summed E-state index contributed by atoms with van der Waals surface area (Å²) in [5.41, 5.74) is 3.77. The van der Waals surface area contributed by atoms with Crippen molar-refractivity contribution in [3.05, 3.63) is 64.2 Å². The number of esters is 1. The highest BCUT2D eigenvalue weighted by Gasteiger charge is 2.40. The van der Waals surface area contributed by atoms with Gasteiger partial charge in [-0.05, 0) is 41.0 Å². The molecule has 2 aromatic carbocycles. The molecule has 2 amide bonds. The van der Waals surface area contributed by atoms with Crippen LogP contribution in [0.2, 0.25) is 0 Å².